The molecule has 1 N–H and O–H groups in total. The van der Waals surface area contributed by atoms with E-state index in [9.17, 15) is 4.79 Å². The first-order chi connectivity index (χ1) is 12.3. The van der Waals surface area contributed by atoms with Crippen LogP contribution in [0.4, 0.5) is 5.69 Å². The molecule has 0 aliphatic rings. The third-order valence-electron chi connectivity index (χ3n) is 4.17. The van der Waals surface area contributed by atoms with E-state index in [1.54, 1.807) is 0 Å². The molecular weight excluding hydrogens is 310 g/mol. The summed E-state index contributed by atoms with van der Waals surface area (Å²) in [5.41, 5.74) is 3.84. The number of carbonyl (C=O) groups excluding carboxylic acids is 1. The molecule has 0 spiro atoms. The number of ether oxygens (including phenoxy) is 1. The Morgan fingerprint density at radius 3 is 2.28 bits per heavy atom. The number of hydrogen-bond acceptors (Lipinski definition) is 3. The molecule has 3 heteroatoms. The fourth-order valence-corrected chi connectivity index (χ4v) is 2.79. The van der Waals surface area contributed by atoms with Crippen molar-refractivity contribution in [3.63, 3.8) is 0 Å². The van der Waals surface area contributed by atoms with Crippen molar-refractivity contribution in [2.75, 3.05) is 18.5 Å². The maximum atomic E-state index is 11.3. The van der Waals surface area contributed by atoms with Crippen LogP contribution < -0.4 is 5.32 Å². The molecule has 0 fully saturated rings. The molecule has 0 saturated heterocycles. The summed E-state index contributed by atoms with van der Waals surface area (Å²) in [7, 11) is 0. The lowest BCUT2D eigenvalue weighted by Gasteiger charge is -2.08. The number of unbranched alkanes of at least 4 members (excludes halogenated alkanes) is 1. The van der Waals surface area contributed by atoms with Crippen molar-refractivity contribution in [3.8, 4) is 0 Å². The molecule has 2 rings (SSSR count). The summed E-state index contributed by atoms with van der Waals surface area (Å²) in [6, 6.07) is 19.2. The second kappa shape index (κ2) is 11.3. The number of aryl methyl sites for hydroxylation is 2. The largest absolute Gasteiger partial charge is 0.466 e. The fraction of sp³-hybridized carbons (Fsp3) is 0.409. The van der Waals surface area contributed by atoms with Gasteiger partial charge in [0, 0.05) is 18.7 Å². The Labute approximate surface area is 151 Å². The number of nitrogens with one attached hydrogen (secondary N) is 1. The van der Waals surface area contributed by atoms with Crippen LogP contribution in [-0.4, -0.2) is 19.1 Å². The van der Waals surface area contributed by atoms with Crippen LogP contribution in [-0.2, 0) is 22.4 Å². The Hall–Kier alpha value is -2.29. The smallest absolute Gasteiger partial charge is 0.305 e. The van der Waals surface area contributed by atoms with Gasteiger partial charge in [-0.3, -0.25) is 4.79 Å². The highest BCUT2D eigenvalue weighted by Crippen LogP contribution is 2.12. The van der Waals surface area contributed by atoms with Crippen molar-refractivity contribution >= 4 is 11.7 Å². The number of rotatable bonds is 11. The SMILES string of the molecule is CCOC(=O)CCCc1ccc(NCCCCc2ccccc2)cc1. The average molecular weight is 339 g/mol. The summed E-state index contributed by atoms with van der Waals surface area (Å²) in [6.07, 6.45) is 5.75. The molecule has 0 radical (unpaired) electrons. The molecule has 0 aliphatic heterocycles. The molecule has 0 saturated carbocycles. The van der Waals surface area contributed by atoms with Crippen molar-refractivity contribution in [1.29, 1.82) is 0 Å². The lowest BCUT2D eigenvalue weighted by atomic mass is 10.1. The van der Waals surface area contributed by atoms with Gasteiger partial charge in [0.1, 0.15) is 0 Å². The molecule has 2 aromatic carbocycles. The number of benzene rings is 2. The third-order valence-corrected chi connectivity index (χ3v) is 4.17. The Morgan fingerprint density at radius 2 is 1.56 bits per heavy atom. The fourth-order valence-electron chi connectivity index (χ4n) is 2.79. The second-order valence-corrected chi connectivity index (χ2v) is 6.22. The summed E-state index contributed by atoms with van der Waals surface area (Å²) < 4.78 is 4.94. The molecule has 0 aliphatic carbocycles. The Kier molecular flexibility index (Phi) is 8.60. The van der Waals surface area contributed by atoms with Crippen molar-refractivity contribution in [2.45, 2.75) is 45.4 Å². The van der Waals surface area contributed by atoms with Gasteiger partial charge in [0.25, 0.3) is 0 Å². The Bertz CT molecular complexity index is 608. The standard InChI is InChI=1S/C22H29NO2/c1-2-25-22(24)13-8-12-20-14-16-21(17-15-20)23-18-7-6-11-19-9-4-3-5-10-19/h3-5,9-10,14-17,23H,2,6-8,11-13,18H2,1H3. The predicted octanol–water partition coefficient (Wildman–Crippen LogP) is 5.01. The van der Waals surface area contributed by atoms with Crippen LogP contribution in [0.5, 0.6) is 0 Å². The van der Waals surface area contributed by atoms with E-state index < -0.39 is 0 Å². The van der Waals surface area contributed by atoms with Crippen LogP contribution in [0.1, 0.15) is 43.7 Å². The molecule has 0 amide bonds. The molecule has 25 heavy (non-hydrogen) atoms. The topological polar surface area (TPSA) is 38.3 Å². The molecule has 0 aromatic heterocycles. The third kappa shape index (κ3) is 7.88. The van der Waals surface area contributed by atoms with Crippen LogP contribution >= 0.6 is 0 Å². The van der Waals surface area contributed by atoms with Crippen LogP contribution in [0.15, 0.2) is 54.6 Å². The lowest BCUT2D eigenvalue weighted by Crippen LogP contribution is -2.04. The van der Waals surface area contributed by atoms with Crippen molar-refractivity contribution < 1.29 is 9.53 Å². The summed E-state index contributed by atoms with van der Waals surface area (Å²) in [5, 5.41) is 3.48. The van der Waals surface area contributed by atoms with E-state index in [1.807, 2.05) is 6.92 Å². The van der Waals surface area contributed by atoms with Gasteiger partial charge < -0.3 is 10.1 Å². The van der Waals surface area contributed by atoms with Crippen LogP contribution in [0.3, 0.4) is 0 Å². The van der Waals surface area contributed by atoms with Gasteiger partial charge >= 0.3 is 5.97 Å². The van der Waals surface area contributed by atoms with Gasteiger partial charge in [0.2, 0.25) is 0 Å². The highest BCUT2D eigenvalue weighted by Gasteiger charge is 2.02. The molecular formula is C22H29NO2. The normalized spacial score (nSPS) is 10.4. The zero-order chi connectivity index (χ0) is 17.7. The first-order valence-electron chi connectivity index (χ1n) is 9.30. The van der Waals surface area contributed by atoms with Gasteiger partial charge in [0.15, 0.2) is 0 Å². The van der Waals surface area contributed by atoms with Gasteiger partial charge in [-0.15, -0.1) is 0 Å². The minimum absolute atomic E-state index is 0.101. The quantitative estimate of drug-likeness (QED) is 0.462. The van der Waals surface area contributed by atoms with E-state index >= 15 is 0 Å². The van der Waals surface area contributed by atoms with Crippen molar-refractivity contribution in [2.24, 2.45) is 0 Å². The highest BCUT2D eigenvalue weighted by molar-refractivity contribution is 5.69. The summed E-state index contributed by atoms with van der Waals surface area (Å²) in [5.74, 6) is -0.101. The van der Waals surface area contributed by atoms with E-state index in [0.29, 0.717) is 13.0 Å². The minimum atomic E-state index is -0.101. The molecule has 0 bridgehead atoms. The van der Waals surface area contributed by atoms with E-state index in [0.717, 1.165) is 37.9 Å². The van der Waals surface area contributed by atoms with E-state index in [2.05, 4.69) is 59.9 Å². The molecule has 134 valence electrons. The summed E-state index contributed by atoms with van der Waals surface area (Å²) in [6.45, 7) is 3.30. The average Bonchev–Trinajstić information content (AvgIpc) is 2.64. The van der Waals surface area contributed by atoms with Crippen LogP contribution in [0.25, 0.3) is 0 Å². The summed E-state index contributed by atoms with van der Waals surface area (Å²) >= 11 is 0. The van der Waals surface area contributed by atoms with Gasteiger partial charge in [-0.05, 0) is 62.3 Å². The Morgan fingerprint density at radius 1 is 0.880 bits per heavy atom. The number of anilines is 1. The number of hydrogen-bond donors (Lipinski definition) is 1. The number of carbonyl (C=O) groups is 1. The maximum absolute atomic E-state index is 11.3. The molecule has 0 heterocycles. The maximum Gasteiger partial charge on any atom is 0.305 e. The van der Waals surface area contributed by atoms with Gasteiger partial charge in [0.05, 0.1) is 6.61 Å². The minimum Gasteiger partial charge on any atom is -0.466 e. The van der Waals surface area contributed by atoms with Crippen LogP contribution in [0.2, 0.25) is 0 Å². The highest BCUT2D eigenvalue weighted by atomic mass is 16.5. The molecule has 3 nitrogen and oxygen atoms in total. The monoisotopic (exact) mass is 339 g/mol. The first kappa shape index (κ1) is 19.0. The zero-order valence-corrected chi connectivity index (χ0v) is 15.2. The Balaban J connectivity index is 1.59. The van der Waals surface area contributed by atoms with E-state index in [4.69, 9.17) is 4.74 Å². The molecule has 0 unspecified atom stereocenters. The van der Waals surface area contributed by atoms with Crippen LogP contribution in [0, 0.1) is 0 Å². The predicted molar refractivity (Wildman–Crippen MR) is 104 cm³/mol. The van der Waals surface area contributed by atoms with Gasteiger partial charge in [-0.2, -0.15) is 0 Å². The number of esters is 1. The van der Waals surface area contributed by atoms with E-state index in [-0.39, 0.29) is 5.97 Å². The zero-order valence-electron chi connectivity index (χ0n) is 15.2. The van der Waals surface area contributed by atoms with Crippen molar-refractivity contribution in [1.82, 2.24) is 0 Å². The first-order valence-corrected chi connectivity index (χ1v) is 9.30. The molecule has 0 atom stereocenters. The van der Waals surface area contributed by atoms with Crippen molar-refractivity contribution in [3.05, 3.63) is 65.7 Å². The van der Waals surface area contributed by atoms with Gasteiger partial charge in [-0.25, -0.2) is 0 Å². The summed E-state index contributed by atoms with van der Waals surface area (Å²) in [4.78, 5) is 11.3. The molecule has 2 aromatic rings. The van der Waals surface area contributed by atoms with E-state index in [1.165, 1.54) is 17.5 Å². The lowest BCUT2D eigenvalue weighted by molar-refractivity contribution is -0.143. The second-order valence-electron chi connectivity index (χ2n) is 6.22. The van der Waals surface area contributed by atoms with Gasteiger partial charge in [-0.1, -0.05) is 42.5 Å².